The zero-order valence-electron chi connectivity index (χ0n) is 11.2. The van der Waals surface area contributed by atoms with Crippen LogP contribution in [0.15, 0.2) is 46.9 Å². The van der Waals surface area contributed by atoms with E-state index in [1.165, 1.54) is 0 Å². The first-order valence-electron chi connectivity index (χ1n) is 6.24. The second-order valence-corrected chi connectivity index (χ2v) is 6.25. The summed E-state index contributed by atoms with van der Waals surface area (Å²) in [6.45, 7) is 1.86. The SMILES string of the molecule is CC(NC(=O)Nc1ccc(Br)cc1)c1ccc(Cl)cc1Cl. The van der Waals surface area contributed by atoms with E-state index in [1.54, 1.807) is 18.2 Å². The third kappa shape index (κ3) is 4.63. The van der Waals surface area contributed by atoms with E-state index in [4.69, 9.17) is 23.2 Å². The molecule has 0 saturated carbocycles. The fourth-order valence-corrected chi connectivity index (χ4v) is 2.66. The summed E-state index contributed by atoms with van der Waals surface area (Å²) in [7, 11) is 0. The highest BCUT2D eigenvalue weighted by molar-refractivity contribution is 9.10. The van der Waals surface area contributed by atoms with Gasteiger partial charge in [-0.3, -0.25) is 0 Å². The summed E-state index contributed by atoms with van der Waals surface area (Å²) in [6, 6.07) is 12.0. The Hall–Kier alpha value is -1.23. The predicted molar refractivity (Wildman–Crippen MR) is 91.2 cm³/mol. The van der Waals surface area contributed by atoms with E-state index in [9.17, 15) is 4.79 Å². The first-order valence-corrected chi connectivity index (χ1v) is 7.78. The summed E-state index contributed by atoms with van der Waals surface area (Å²) in [5.41, 5.74) is 1.53. The molecule has 0 aliphatic rings. The molecule has 2 N–H and O–H groups in total. The molecule has 110 valence electrons. The molecule has 2 amide bonds. The highest BCUT2D eigenvalue weighted by atomic mass is 79.9. The van der Waals surface area contributed by atoms with Crippen molar-refractivity contribution in [3.63, 3.8) is 0 Å². The van der Waals surface area contributed by atoms with Crippen LogP contribution in [0.5, 0.6) is 0 Å². The third-order valence-corrected chi connectivity index (χ3v) is 3.97. The summed E-state index contributed by atoms with van der Waals surface area (Å²) in [6.07, 6.45) is 0. The normalized spacial score (nSPS) is 11.8. The molecule has 0 spiro atoms. The summed E-state index contributed by atoms with van der Waals surface area (Å²) in [4.78, 5) is 12.0. The summed E-state index contributed by atoms with van der Waals surface area (Å²) < 4.78 is 0.953. The van der Waals surface area contributed by atoms with Gasteiger partial charge in [-0.15, -0.1) is 0 Å². The maximum Gasteiger partial charge on any atom is 0.319 e. The van der Waals surface area contributed by atoms with E-state index in [2.05, 4.69) is 26.6 Å². The third-order valence-electron chi connectivity index (χ3n) is 2.88. The largest absolute Gasteiger partial charge is 0.331 e. The predicted octanol–water partition coefficient (Wildman–Crippen LogP) is 5.64. The van der Waals surface area contributed by atoms with Crippen molar-refractivity contribution in [3.05, 3.63) is 62.5 Å². The number of halogens is 3. The molecule has 0 radical (unpaired) electrons. The second kappa shape index (κ2) is 7.16. The maximum absolute atomic E-state index is 12.0. The van der Waals surface area contributed by atoms with Gasteiger partial charge in [-0.25, -0.2) is 4.79 Å². The maximum atomic E-state index is 12.0. The quantitative estimate of drug-likeness (QED) is 0.702. The van der Waals surface area contributed by atoms with Crippen LogP contribution in [-0.2, 0) is 0 Å². The fraction of sp³-hybridized carbons (Fsp3) is 0.133. The van der Waals surface area contributed by atoms with Crippen LogP contribution in [0.25, 0.3) is 0 Å². The molecule has 0 fully saturated rings. The Balaban J connectivity index is 2.00. The molecule has 0 aliphatic carbocycles. The Bertz CT molecular complexity index is 647. The number of rotatable bonds is 3. The zero-order chi connectivity index (χ0) is 15.4. The molecule has 0 bridgehead atoms. The van der Waals surface area contributed by atoms with Crippen LogP contribution < -0.4 is 10.6 Å². The minimum Gasteiger partial charge on any atom is -0.331 e. The average Bonchev–Trinajstić information content (AvgIpc) is 2.41. The van der Waals surface area contributed by atoms with Gasteiger partial charge in [0.05, 0.1) is 6.04 Å². The molecular weight excluding hydrogens is 375 g/mol. The van der Waals surface area contributed by atoms with Crippen LogP contribution >= 0.6 is 39.1 Å². The zero-order valence-corrected chi connectivity index (χ0v) is 14.3. The average molecular weight is 388 g/mol. The van der Waals surface area contributed by atoms with Crippen molar-refractivity contribution >= 4 is 50.9 Å². The number of urea groups is 1. The molecule has 6 heteroatoms. The van der Waals surface area contributed by atoms with Gasteiger partial charge in [0, 0.05) is 20.2 Å². The second-order valence-electron chi connectivity index (χ2n) is 4.49. The molecule has 3 nitrogen and oxygen atoms in total. The van der Waals surface area contributed by atoms with E-state index in [0.29, 0.717) is 15.7 Å². The van der Waals surface area contributed by atoms with E-state index in [0.717, 1.165) is 10.0 Å². The highest BCUT2D eigenvalue weighted by Gasteiger charge is 2.13. The fourth-order valence-electron chi connectivity index (χ4n) is 1.83. The van der Waals surface area contributed by atoms with Crippen LogP contribution in [0, 0.1) is 0 Å². The Morgan fingerprint density at radius 1 is 1.14 bits per heavy atom. The molecule has 0 aromatic heterocycles. The number of carbonyl (C=O) groups is 1. The summed E-state index contributed by atoms with van der Waals surface area (Å²) in [5.74, 6) is 0. The standard InChI is InChI=1S/C15H13BrCl2N2O/c1-9(13-7-4-11(17)8-14(13)18)19-15(21)20-12-5-2-10(16)3-6-12/h2-9H,1H3,(H2,19,20,21). The monoisotopic (exact) mass is 386 g/mol. The van der Waals surface area contributed by atoms with Crippen molar-refractivity contribution < 1.29 is 4.79 Å². The van der Waals surface area contributed by atoms with Gasteiger partial charge in [-0.05, 0) is 48.9 Å². The molecule has 1 atom stereocenters. The topological polar surface area (TPSA) is 41.1 Å². The number of benzene rings is 2. The lowest BCUT2D eigenvalue weighted by Gasteiger charge is -2.16. The number of nitrogens with one attached hydrogen (secondary N) is 2. The van der Waals surface area contributed by atoms with Crippen LogP contribution in [0.1, 0.15) is 18.5 Å². The van der Waals surface area contributed by atoms with Gasteiger partial charge in [0.25, 0.3) is 0 Å². The van der Waals surface area contributed by atoms with Crippen molar-refractivity contribution in [1.82, 2.24) is 5.32 Å². The van der Waals surface area contributed by atoms with Crippen molar-refractivity contribution in [2.45, 2.75) is 13.0 Å². The molecule has 2 aromatic carbocycles. The van der Waals surface area contributed by atoms with Gasteiger partial charge < -0.3 is 10.6 Å². The minimum absolute atomic E-state index is 0.231. The highest BCUT2D eigenvalue weighted by Crippen LogP contribution is 2.26. The summed E-state index contributed by atoms with van der Waals surface area (Å²) >= 11 is 15.3. The molecule has 21 heavy (non-hydrogen) atoms. The van der Waals surface area contributed by atoms with E-state index >= 15 is 0 Å². The molecular formula is C15H13BrCl2N2O. The Morgan fingerprint density at radius 2 is 1.81 bits per heavy atom. The van der Waals surface area contributed by atoms with Crippen molar-refractivity contribution in [1.29, 1.82) is 0 Å². The van der Waals surface area contributed by atoms with Crippen LogP contribution in [-0.4, -0.2) is 6.03 Å². The molecule has 0 aliphatic heterocycles. The van der Waals surface area contributed by atoms with Crippen molar-refractivity contribution in [2.24, 2.45) is 0 Å². The number of hydrogen-bond acceptors (Lipinski definition) is 1. The minimum atomic E-state index is -0.296. The first-order chi connectivity index (χ1) is 9.95. The van der Waals surface area contributed by atoms with Gasteiger partial charge in [0.1, 0.15) is 0 Å². The Kier molecular flexibility index (Phi) is 5.51. The van der Waals surface area contributed by atoms with Gasteiger partial charge in [-0.1, -0.05) is 45.2 Å². The van der Waals surface area contributed by atoms with E-state index in [-0.39, 0.29) is 12.1 Å². The van der Waals surface area contributed by atoms with Gasteiger partial charge in [-0.2, -0.15) is 0 Å². The first kappa shape index (κ1) is 16.1. The molecule has 2 aromatic rings. The molecule has 0 saturated heterocycles. The molecule has 0 heterocycles. The lowest BCUT2D eigenvalue weighted by atomic mass is 10.1. The van der Waals surface area contributed by atoms with Crippen molar-refractivity contribution in [2.75, 3.05) is 5.32 Å². The van der Waals surface area contributed by atoms with Crippen molar-refractivity contribution in [3.8, 4) is 0 Å². The lowest BCUT2D eigenvalue weighted by Crippen LogP contribution is -2.31. The van der Waals surface area contributed by atoms with Gasteiger partial charge in [0.15, 0.2) is 0 Å². The molecule has 1 unspecified atom stereocenters. The number of amides is 2. The van der Waals surface area contributed by atoms with Crippen LogP contribution in [0.3, 0.4) is 0 Å². The lowest BCUT2D eigenvalue weighted by molar-refractivity contribution is 0.249. The number of hydrogen-bond donors (Lipinski definition) is 2. The van der Waals surface area contributed by atoms with Gasteiger partial charge >= 0.3 is 6.03 Å². The smallest absolute Gasteiger partial charge is 0.319 e. The summed E-state index contributed by atoms with van der Waals surface area (Å²) in [5, 5.41) is 6.68. The number of carbonyl (C=O) groups excluding carboxylic acids is 1. The number of anilines is 1. The Labute approximate surface area is 141 Å². The van der Waals surface area contributed by atoms with Gasteiger partial charge in [0.2, 0.25) is 0 Å². The molecule has 2 rings (SSSR count). The van der Waals surface area contributed by atoms with E-state index in [1.807, 2.05) is 31.2 Å². The van der Waals surface area contributed by atoms with Crippen LogP contribution in [0.4, 0.5) is 10.5 Å². The van der Waals surface area contributed by atoms with Crippen LogP contribution in [0.2, 0.25) is 10.0 Å². The Morgan fingerprint density at radius 3 is 2.43 bits per heavy atom. The van der Waals surface area contributed by atoms with E-state index < -0.39 is 0 Å².